The van der Waals surface area contributed by atoms with Crippen LogP contribution in [0.25, 0.3) is 0 Å². The summed E-state index contributed by atoms with van der Waals surface area (Å²) in [4.78, 5) is 11.7. The fraction of sp³-hybridized carbons (Fsp3) is 0.462. The van der Waals surface area contributed by atoms with Crippen LogP contribution in [0.3, 0.4) is 0 Å². The third-order valence-corrected chi connectivity index (χ3v) is 2.83. The Balaban J connectivity index is 1.98. The molecule has 0 fully saturated rings. The van der Waals surface area contributed by atoms with E-state index in [0.29, 0.717) is 24.2 Å². The van der Waals surface area contributed by atoms with Gasteiger partial charge in [0.1, 0.15) is 12.4 Å². The van der Waals surface area contributed by atoms with Crippen LogP contribution in [-0.2, 0) is 11.2 Å². The molecule has 0 heterocycles. The Bertz CT molecular complexity index is 469. The highest BCUT2D eigenvalue weighted by Crippen LogP contribution is 2.29. The number of alkyl halides is 3. The number of hydrogen-bond donors (Lipinski definition) is 0. The normalized spacial score (nSPS) is 15.2. The second kappa shape index (κ2) is 5.61. The zero-order chi connectivity index (χ0) is 13.9. The first-order valence-electron chi connectivity index (χ1n) is 5.90. The molecule has 0 aliphatic heterocycles. The van der Waals surface area contributed by atoms with Crippen LogP contribution in [0.15, 0.2) is 18.2 Å². The first kappa shape index (κ1) is 13.9. The molecule has 0 amide bonds. The first-order chi connectivity index (χ1) is 8.97. The van der Waals surface area contributed by atoms with Crippen LogP contribution in [0.5, 0.6) is 5.75 Å². The minimum atomic E-state index is -4.37. The van der Waals surface area contributed by atoms with Gasteiger partial charge in [0.2, 0.25) is 0 Å². The van der Waals surface area contributed by atoms with Crippen molar-refractivity contribution in [1.29, 1.82) is 0 Å². The van der Waals surface area contributed by atoms with Gasteiger partial charge >= 0.3 is 6.18 Å². The van der Waals surface area contributed by atoms with E-state index in [9.17, 15) is 18.0 Å². The Labute approximate surface area is 108 Å². The Hall–Kier alpha value is -1.56. The lowest BCUT2D eigenvalue weighted by atomic mass is 9.90. The maximum atomic E-state index is 11.9. The molecule has 6 heteroatoms. The number of hydrogen-bond acceptors (Lipinski definition) is 3. The molecule has 0 radical (unpaired) electrons. The summed E-state index contributed by atoms with van der Waals surface area (Å²) in [5, 5.41) is 0. The Morgan fingerprint density at radius 2 is 2.00 bits per heavy atom. The lowest BCUT2D eigenvalue weighted by Gasteiger charge is -2.18. The molecule has 0 bridgehead atoms. The van der Waals surface area contributed by atoms with Crippen LogP contribution in [0.2, 0.25) is 0 Å². The SMILES string of the molecule is O=C1CCCc2c(OCOCC(F)(F)F)cccc21. The zero-order valence-corrected chi connectivity index (χ0v) is 10.1. The van der Waals surface area contributed by atoms with Crippen molar-refractivity contribution in [2.24, 2.45) is 0 Å². The van der Waals surface area contributed by atoms with Crippen molar-refractivity contribution in [3.05, 3.63) is 29.3 Å². The number of carbonyl (C=O) groups is 1. The number of rotatable bonds is 4. The van der Waals surface area contributed by atoms with Crippen molar-refractivity contribution in [1.82, 2.24) is 0 Å². The van der Waals surface area contributed by atoms with Gasteiger partial charge in [0.05, 0.1) is 0 Å². The lowest BCUT2D eigenvalue weighted by molar-refractivity contribution is -0.186. The molecule has 1 aromatic rings. The second-order valence-corrected chi connectivity index (χ2v) is 4.28. The van der Waals surface area contributed by atoms with Crippen molar-refractivity contribution in [2.45, 2.75) is 25.4 Å². The van der Waals surface area contributed by atoms with Gasteiger partial charge in [-0.05, 0) is 18.9 Å². The number of carbonyl (C=O) groups excluding carboxylic acids is 1. The highest BCUT2D eigenvalue weighted by Gasteiger charge is 2.27. The van der Waals surface area contributed by atoms with E-state index >= 15 is 0 Å². The molecule has 0 saturated carbocycles. The summed E-state index contributed by atoms with van der Waals surface area (Å²) in [6, 6.07) is 5.00. The molecule has 2 rings (SSSR count). The number of Topliss-reactive ketones (excluding diaryl/α,β-unsaturated/α-hetero) is 1. The molecule has 0 aromatic heterocycles. The van der Waals surface area contributed by atoms with E-state index in [1.165, 1.54) is 0 Å². The largest absolute Gasteiger partial charge is 0.467 e. The Morgan fingerprint density at radius 1 is 1.21 bits per heavy atom. The molecule has 1 aromatic carbocycles. The van der Waals surface area contributed by atoms with Crippen LogP contribution in [0, 0.1) is 0 Å². The standard InChI is InChI=1S/C13H13F3O3/c14-13(15,16)7-18-8-19-12-6-2-3-9-10(12)4-1-5-11(9)17/h2-3,6H,1,4-5,7-8H2. The number of halogens is 3. The van der Waals surface area contributed by atoms with E-state index in [2.05, 4.69) is 4.74 Å². The van der Waals surface area contributed by atoms with Gasteiger partial charge in [-0.25, -0.2) is 0 Å². The maximum absolute atomic E-state index is 11.9. The number of fused-ring (bicyclic) bond motifs is 1. The Kier molecular flexibility index (Phi) is 4.09. The average Bonchev–Trinajstić information content (AvgIpc) is 2.34. The highest BCUT2D eigenvalue weighted by molar-refractivity contribution is 5.99. The van der Waals surface area contributed by atoms with E-state index in [4.69, 9.17) is 4.74 Å². The van der Waals surface area contributed by atoms with Crippen LogP contribution < -0.4 is 4.74 Å². The summed E-state index contributed by atoms with van der Waals surface area (Å²) in [6.45, 7) is -1.83. The molecular formula is C13H13F3O3. The first-order valence-corrected chi connectivity index (χ1v) is 5.90. The zero-order valence-electron chi connectivity index (χ0n) is 10.1. The third kappa shape index (κ3) is 3.70. The number of benzene rings is 1. The van der Waals surface area contributed by atoms with Gasteiger partial charge in [-0.2, -0.15) is 13.2 Å². The number of ether oxygens (including phenoxy) is 2. The monoisotopic (exact) mass is 274 g/mol. The van der Waals surface area contributed by atoms with Gasteiger partial charge < -0.3 is 9.47 Å². The molecular weight excluding hydrogens is 261 g/mol. The minimum Gasteiger partial charge on any atom is -0.467 e. The lowest BCUT2D eigenvalue weighted by Crippen LogP contribution is -2.19. The summed E-state index contributed by atoms with van der Waals surface area (Å²) in [5.74, 6) is 0.468. The number of ketones is 1. The van der Waals surface area contributed by atoms with Gasteiger partial charge in [-0.3, -0.25) is 4.79 Å². The fourth-order valence-electron chi connectivity index (χ4n) is 2.04. The topological polar surface area (TPSA) is 35.5 Å². The van der Waals surface area contributed by atoms with E-state index in [1.807, 2.05) is 0 Å². The molecule has 0 N–H and O–H groups in total. The molecule has 3 nitrogen and oxygen atoms in total. The summed E-state index contributed by atoms with van der Waals surface area (Å²) >= 11 is 0. The van der Waals surface area contributed by atoms with Gasteiger partial charge in [0.15, 0.2) is 12.6 Å². The van der Waals surface area contributed by atoms with E-state index in [-0.39, 0.29) is 5.78 Å². The predicted octanol–water partition coefficient (Wildman–Crippen LogP) is 3.12. The van der Waals surface area contributed by atoms with Crippen molar-refractivity contribution in [3.63, 3.8) is 0 Å². The summed E-state index contributed by atoms with van der Waals surface area (Å²) in [7, 11) is 0. The van der Waals surface area contributed by atoms with Crippen molar-refractivity contribution in [3.8, 4) is 5.75 Å². The smallest absolute Gasteiger partial charge is 0.411 e. The van der Waals surface area contributed by atoms with Crippen molar-refractivity contribution < 1.29 is 27.4 Å². The molecule has 0 atom stereocenters. The van der Waals surface area contributed by atoms with Crippen LogP contribution >= 0.6 is 0 Å². The molecule has 19 heavy (non-hydrogen) atoms. The van der Waals surface area contributed by atoms with Crippen molar-refractivity contribution in [2.75, 3.05) is 13.4 Å². The second-order valence-electron chi connectivity index (χ2n) is 4.28. The molecule has 0 spiro atoms. The van der Waals surface area contributed by atoms with Gasteiger partial charge in [-0.15, -0.1) is 0 Å². The van der Waals surface area contributed by atoms with Gasteiger partial charge in [-0.1, -0.05) is 12.1 Å². The molecule has 0 saturated heterocycles. The van der Waals surface area contributed by atoms with Crippen LogP contribution in [0.1, 0.15) is 28.8 Å². The summed E-state index contributed by atoms with van der Waals surface area (Å²) in [6.07, 6.45) is -2.44. The van der Waals surface area contributed by atoms with Crippen molar-refractivity contribution >= 4 is 5.78 Å². The highest BCUT2D eigenvalue weighted by atomic mass is 19.4. The predicted molar refractivity (Wildman–Crippen MR) is 61.2 cm³/mol. The summed E-state index contributed by atoms with van der Waals surface area (Å²) < 4.78 is 45.2. The molecule has 1 aliphatic rings. The average molecular weight is 274 g/mol. The summed E-state index contributed by atoms with van der Waals surface area (Å²) in [5.41, 5.74) is 1.36. The fourth-order valence-corrected chi connectivity index (χ4v) is 2.04. The third-order valence-electron chi connectivity index (χ3n) is 2.83. The van der Waals surface area contributed by atoms with Crippen LogP contribution in [0.4, 0.5) is 13.2 Å². The molecule has 0 unspecified atom stereocenters. The molecule has 1 aliphatic carbocycles. The van der Waals surface area contributed by atoms with Gasteiger partial charge in [0, 0.05) is 17.5 Å². The van der Waals surface area contributed by atoms with E-state index in [1.54, 1.807) is 18.2 Å². The molecule has 104 valence electrons. The van der Waals surface area contributed by atoms with Crippen LogP contribution in [-0.4, -0.2) is 25.4 Å². The Morgan fingerprint density at radius 3 is 2.74 bits per heavy atom. The van der Waals surface area contributed by atoms with E-state index in [0.717, 1.165) is 12.0 Å². The van der Waals surface area contributed by atoms with Gasteiger partial charge in [0.25, 0.3) is 0 Å². The van der Waals surface area contributed by atoms with E-state index < -0.39 is 19.6 Å². The minimum absolute atomic E-state index is 0.0444. The maximum Gasteiger partial charge on any atom is 0.411 e. The quantitative estimate of drug-likeness (QED) is 0.625.